The van der Waals surface area contributed by atoms with Crippen LogP contribution in [0.15, 0.2) is 30.6 Å². The van der Waals surface area contributed by atoms with Gasteiger partial charge in [-0.1, -0.05) is 18.2 Å². The molecule has 0 saturated carbocycles. The lowest BCUT2D eigenvalue weighted by molar-refractivity contribution is 0.0258. The number of rotatable bonds is 4. The second-order valence-electron chi connectivity index (χ2n) is 8.50. The van der Waals surface area contributed by atoms with Crippen LogP contribution in [0.4, 0.5) is 4.79 Å². The number of aromatic nitrogens is 2. The highest BCUT2D eigenvalue weighted by molar-refractivity contribution is 5.91. The molecular formula is C23H30N4O3. The number of nitrogens with one attached hydrogen (secondary N) is 1. The summed E-state index contributed by atoms with van der Waals surface area (Å²) in [5.41, 5.74) is 4.31. The normalized spacial score (nSPS) is 13.9. The average Bonchev–Trinajstić information content (AvgIpc) is 2.90. The van der Waals surface area contributed by atoms with Crippen molar-refractivity contribution in [1.29, 1.82) is 0 Å². The lowest BCUT2D eigenvalue weighted by Gasteiger charge is -2.26. The number of amides is 2. The van der Waals surface area contributed by atoms with Crippen molar-refractivity contribution in [3.05, 3.63) is 58.7 Å². The van der Waals surface area contributed by atoms with Gasteiger partial charge < -0.3 is 15.0 Å². The van der Waals surface area contributed by atoms with Crippen LogP contribution in [0.2, 0.25) is 0 Å². The van der Waals surface area contributed by atoms with Gasteiger partial charge in [0.15, 0.2) is 0 Å². The number of carbonyl (C=O) groups excluding carboxylic acids is 2. The van der Waals surface area contributed by atoms with Gasteiger partial charge in [-0.3, -0.25) is 9.78 Å². The van der Waals surface area contributed by atoms with Crippen LogP contribution < -0.4 is 5.32 Å². The Morgan fingerprint density at radius 1 is 1.10 bits per heavy atom. The van der Waals surface area contributed by atoms with Gasteiger partial charge in [0.05, 0.1) is 11.9 Å². The van der Waals surface area contributed by atoms with E-state index in [1.807, 2.05) is 27.7 Å². The third kappa shape index (κ3) is 5.78. The first-order chi connectivity index (χ1) is 14.2. The van der Waals surface area contributed by atoms with Gasteiger partial charge in [-0.25, -0.2) is 9.78 Å². The van der Waals surface area contributed by atoms with Crippen molar-refractivity contribution >= 4 is 12.0 Å². The monoisotopic (exact) mass is 410 g/mol. The van der Waals surface area contributed by atoms with Crippen LogP contribution >= 0.6 is 0 Å². The van der Waals surface area contributed by atoms with E-state index in [-0.39, 0.29) is 12.0 Å². The minimum absolute atomic E-state index is 0.212. The quantitative estimate of drug-likeness (QED) is 0.837. The summed E-state index contributed by atoms with van der Waals surface area (Å²) >= 11 is 0. The Balaban J connectivity index is 1.65. The summed E-state index contributed by atoms with van der Waals surface area (Å²) in [7, 11) is 0. The zero-order valence-corrected chi connectivity index (χ0v) is 18.2. The van der Waals surface area contributed by atoms with Gasteiger partial charge in [0, 0.05) is 32.3 Å². The number of fused-ring (bicyclic) bond motifs is 1. The number of hydrogen-bond acceptors (Lipinski definition) is 5. The highest BCUT2D eigenvalue weighted by atomic mass is 16.6. The molecule has 0 bridgehead atoms. The van der Waals surface area contributed by atoms with E-state index in [1.54, 1.807) is 11.1 Å². The lowest BCUT2D eigenvalue weighted by atomic mass is 9.98. The van der Waals surface area contributed by atoms with Gasteiger partial charge in [0.1, 0.15) is 11.3 Å². The van der Waals surface area contributed by atoms with Gasteiger partial charge >= 0.3 is 6.09 Å². The number of nitrogens with zero attached hydrogens (tertiary/aromatic N) is 3. The lowest BCUT2D eigenvalue weighted by Crippen LogP contribution is -2.38. The van der Waals surface area contributed by atoms with Crippen molar-refractivity contribution in [1.82, 2.24) is 20.2 Å². The van der Waals surface area contributed by atoms with Crippen LogP contribution in [0, 0.1) is 0 Å². The molecule has 0 radical (unpaired) electrons. The van der Waals surface area contributed by atoms with Crippen molar-refractivity contribution in [2.75, 3.05) is 19.6 Å². The van der Waals surface area contributed by atoms with E-state index in [0.717, 1.165) is 24.1 Å². The summed E-state index contributed by atoms with van der Waals surface area (Å²) in [5, 5.41) is 2.72. The standard InChI is InChI=1S/C23H30N4O3/c1-5-24-21(28)20-15-25-19(14-26-20)13-16-6-7-17-8-10-27(11-9-18(17)12-16)22(29)30-23(2,3)4/h6-7,12,14-15H,5,8-11,13H2,1-4H3,(H,24,28). The molecule has 30 heavy (non-hydrogen) atoms. The molecule has 2 aromatic rings. The Bertz CT molecular complexity index is 904. The molecule has 1 aromatic heterocycles. The SMILES string of the molecule is CCNC(=O)c1cnc(Cc2ccc3c(c2)CCN(C(=O)OC(C)(C)C)CC3)cn1. The largest absolute Gasteiger partial charge is 0.444 e. The number of ether oxygens (including phenoxy) is 1. The fourth-order valence-electron chi connectivity index (χ4n) is 3.42. The zero-order valence-electron chi connectivity index (χ0n) is 18.2. The highest BCUT2D eigenvalue weighted by Crippen LogP contribution is 2.21. The van der Waals surface area contributed by atoms with Crippen LogP contribution in [0.1, 0.15) is 60.6 Å². The first-order valence-electron chi connectivity index (χ1n) is 10.4. The molecule has 1 aliphatic rings. The third-order valence-corrected chi connectivity index (χ3v) is 4.89. The molecule has 3 rings (SSSR count). The van der Waals surface area contributed by atoms with Gasteiger partial charge in [0.2, 0.25) is 0 Å². The molecule has 160 valence electrons. The second kappa shape index (κ2) is 9.24. The van der Waals surface area contributed by atoms with Crippen LogP contribution in [0.3, 0.4) is 0 Å². The maximum Gasteiger partial charge on any atom is 0.410 e. The number of benzene rings is 1. The molecule has 0 spiro atoms. The summed E-state index contributed by atoms with van der Waals surface area (Å²) in [6, 6.07) is 6.43. The van der Waals surface area contributed by atoms with Crippen LogP contribution in [0.25, 0.3) is 0 Å². The summed E-state index contributed by atoms with van der Waals surface area (Å²) < 4.78 is 5.52. The van der Waals surface area contributed by atoms with Crippen LogP contribution in [-0.4, -0.2) is 52.1 Å². The van der Waals surface area contributed by atoms with Gasteiger partial charge in [-0.15, -0.1) is 0 Å². The smallest absolute Gasteiger partial charge is 0.410 e. The van der Waals surface area contributed by atoms with Crippen molar-refractivity contribution in [2.24, 2.45) is 0 Å². The van der Waals surface area contributed by atoms with Crippen molar-refractivity contribution in [3.8, 4) is 0 Å². The van der Waals surface area contributed by atoms with E-state index in [9.17, 15) is 9.59 Å². The van der Waals surface area contributed by atoms with E-state index in [2.05, 4.69) is 33.5 Å². The molecule has 2 amide bonds. The number of carbonyl (C=O) groups is 2. The Morgan fingerprint density at radius 3 is 2.47 bits per heavy atom. The predicted molar refractivity (Wildman–Crippen MR) is 115 cm³/mol. The van der Waals surface area contributed by atoms with Crippen molar-refractivity contribution in [2.45, 2.75) is 52.6 Å². The molecular weight excluding hydrogens is 380 g/mol. The fourth-order valence-corrected chi connectivity index (χ4v) is 3.42. The van der Waals surface area contributed by atoms with Gasteiger partial charge in [-0.2, -0.15) is 0 Å². The molecule has 0 aliphatic carbocycles. The molecule has 0 saturated heterocycles. The molecule has 0 atom stereocenters. The second-order valence-corrected chi connectivity index (χ2v) is 8.50. The Kier molecular flexibility index (Phi) is 6.70. The van der Waals surface area contributed by atoms with Crippen LogP contribution in [-0.2, 0) is 24.0 Å². The molecule has 2 heterocycles. The zero-order chi connectivity index (χ0) is 21.7. The Morgan fingerprint density at radius 2 is 1.83 bits per heavy atom. The first-order valence-corrected chi connectivity index (χ1v) is 10.4. The third-order valence-electron chi connectivity index (χ3n) is 4.89. The first kappa shape index (κ1) is 21.7. The number of hydrogen-bond donors (Lipinski definition) is 1. The minimum Gasteiger partial charge on any atom is -0.444 e. The van der Waals surface area contributed by atoms with Gasteiger partial charge in [0.25, 0.3) is 5.91 Å². The van der Waals surface area contributed by atoms with E-state index in [0.29, 0.717) is 31.7 Å². The van der Waals surface area contributed by atoms with Gasteiger partial charge in [-0.05, 0) is 57.2 Å². The molecule has 1 aromatic carbocycles. The van der Waals surface area contributed by atoms with E-state index >= 15 is 0 Å². The van der Waals surface area contributed by atoms with E-state index < -0.39 is 5.60 Å². The highest BCUT2D eigenvalue weighted by Gasteiger charge is 2.24. The summed E-state index contributed by atoms with van der Waals surface area (Å²) in [4.78, 5) is 34.6. The average molecular weight is 411 g/mol. The maximum atomic E-state index is 12.4. The molecule has 7 nitrogen and oxygen atoms in total. The van der Waals surface area contributed by atoms with Crippen LogP contribution in [0.5, 0.6) is 0 Å². The predicted octanol–water partition coefficient (Wildman–Crippen LogP) is 3.15. The molecule has 1 aliphatic heterocycles. The van der Waals surface area contributed by atoms with E-state index in [1.165, 1.54) is 17.3 Å². The van der Waals surface area contributed by atoms with Crippen molar-refractivity contribution < 1.29 is 14.3 Å². The van der Waals surface area contributed by atoms with Crippen molar-refractivity contribution in [3.63, 3.8) is 0 Å². The molecule has 1 N–H and O–H groups in total. The molecule has 7 heteroatoms. The Hall–Kier alpha value is -2.96. The summed E-state index contributed by atoms with van der Waals surface area (Å²) in [6.07, 6.45) is 5.17. The summed E-state index contributed by atoms with van der Waals surface area (Å²) in [5.74, 6) is -0.212. The van der Waals surface area contributed by atoms with E-state index in [4.69, 9.17) is 4.74 Å². The summed E-state index contributed by atoms with van der Waals surface area (Å²) in [6.45, 7) is 9.38. The Labute approximate surface area is 177 Å². The molecule has 0 unspecified atom stereocenters. The topological polar surface area (TPSA) is 84.4 Å². The molecule has 0 fully saturated rings. The minimum atomic E-state index is -0.489. The fraction of sp³-hybridized carbons (Fsp3) is 0.478. The maximum absolute atomic E-state index is 12.4.